The molecule has 0 radical (unpaired) electrons. The molecule has 3 heterocycles. The first-order valence-electron chi connectivity index (χ1n) is 6.75. The van der Waals surface area contributed by atoms with E-state index >= 15 is 0 Å². The second-order valence-corrected chi connectivity index (χ2v) is 5.65. The second-order valence-electron chi connectivity index (χ2n) is 5.65. The van der Waals surface area contributed by atoms with Crippen molar-refractivity contribution < 1.29 is 0 Å². The molecule has 1 aromatic carbocycles. The number of aromatic nitrogens is 1. The van der Waals surface area contributed by atoms with Gasteiger partial charge in [0.25, 0.3) is 0 Å². The van der Waals surface area contributed by atoms with Crippen molar-refractivity contribution in [3.8, 4) is 0 Å². The molecule has 0 saturated carbocycles. The molecule has 0 unspecified atom stereocenters. The van der Waals surface area contributed by atoms with Crippen molar-refractivity contribution in [1.29, 1.82) is 0 Å². The third-order valence-corrected chi connectivity index (χ3v) is 4.68. The number of nitrogens with zero attached hydrogens (tertiary/aromatic N) is 2. The van der Waals surface area contributed by atoms with Gasteiger partial charge in [0.05, 0.1) is 6.04 Å². The molecule has 0 bridgehead atoms. The molecule has 0 N–H and O–H groups in total. The van der Waals surface area contributed by atoms with E-state index < -0.39 is 0 Å². The van der Waals surface area contributed by atoms with Gasteiger partial charge in [0.2, 0.25) is 0 Å². The standard InChI is InChI=1S/C16H18N2/c1-17-10-13(12-6-3-2-4-7-12)14-11-18-9-5-8-15(18)16(14)17/h2-9,13-14,16H,10-11H2,1H3/t13-,14+,16-/m1/s1. The van der Waals surface area contributed by atoms with Crippen LogP contribution in [0.5, 0.6) is 0 Å². The maximum Gasteiger partial charge on any atom is 0.0549 e. The van der Waals surface area contributed by atoms with Gasteiger partial charge in [0.1, 0.15) is 0 Å². The van der Waals surface area contributed by atoms with Gasteiger partial charge in [-0.25, -0.2) is 0 Å². The average Bonchev–Trinajstić information content (AvgIpc) is 3.02. The smallest absolute Gasteiger partial charge is 0.0549 e. The largest absolute Gasteiger partial charge is 0.350 e. The van der Waals surface area contributed by atoms with Crippen LogP contribution in [0.4, 0.5) is 0 Å². The predicted molar refractivity (Wildman–Crippen MR) is 72.5 cm³/mol. The highest BCUT2D eigenvalue weighted by atomic mass is 15.2. The summed E-state index contributed by atoms with van der Waals surface area (Å²) in [4.78, 5) is 2.53. The van der Waals surface area contributed by atoms with Gasteiger partial charge in [-0.15, -0.1) is 0 Å². The number of hydrogen-bond donors (Lipinski definition) is 0. The van der Waals surface area contributed by atoms with Crippen molar-refractivity contribution in [2.75, 3.05) is 13.6 Å². The van der Waals surface area contributed by atoms with E-state index in [1.807, 2.05) is 0 Å². The van der Waals surface area contributed by atoms with Crippen molar-refractivity contribution in [2.45, 2.75) is 18.5 Å². The molecular formula is C16H18N2. The highest BCUT2D eigenvalue weighted by Crippen LogP contribution is 2.49. The Hall–Kier alpha value is -1.54. The molecule has 4 rings (SSSR count). The highest BCUT2D eigenvalue weighted by Gasteiger charge is 2.46. The Kier molecular flexibility index (Phi) is 2.15. The van der Waals surface area contributed by atoms with Crippen LogP contribution in [-0.2, 0) is 6.54 Å². The van der Waals surface area contributed by atoms with Gasteiger partial charge in [0, 0.05) is 36.8 Å². The monoisotopic (exact) mass is 238 g/mol. The molecule has 0 amide bonds. The summed E-state index contributed by atoms with van der Waals surface area (Å²) in [5.74, 6) is 1.43. The zero-order chi connectivity index (χ0) is 12.1. The molecule has 2 aliphatic rings. The Labute approximate surface area is 108 Å². The lowest BCUT2D eigenvalue weighted by Crippen LogP contribution is -2.18. The van der Waals surface area contributed by atoms with Crippen LogP contribution in [0.2, 0.25) is 0 Å². The molecule has 1 saturated heterocycles. The third kappa shape index (κ3) is 1.33. The first-order chi connectivity index (χ1) is 8.84. The number of fused-ring (bicyclic) bond motifs is 3. The molecule has 2 nitrogen and oxygen atoms in total. The molecule has 1 aromatic heterocycles. The lowest BCUT2D eigenvalue weighted by atomic mass is 9.86. The Bertz CT molecular complexity index is 557. The minimum Gasteiger partial charge on any atom is -0.350 e. The summed E-state index contributed by atoms with van der Waals surface area (Å²) < 4.78 is 2.43. The van der Waals surface area contributed by atoms with E-state index in [1.165, 1.54) is 24.3 Å². The number of rotatable bonds is 1. The van der Waals surface area contributed by atoms with Gasteiger partial charge in [-0.2, -0.15) is 0 Å². The number of likely N-dealkylation sites (N-methyl/N-ethyl adjacent to an activating group) is 1. The number of benzene rings is 1. The third-order valence-electron chi connectivity index (χ3n) is 4.68. The molecule has 2 heteroatoms. The molecule has 92 valence electrons. The maximum absolute atomic E-state index is 2.53. The normalized spacial score (nSPS) is 30.4. The summed E-state index contributed by atoms with van der Waals surface area (Å²) in [6.07, 6.45) is 2.23. The summed E-state index contributed by atoms with van der Waals surface area (Å²) in [5.41, 5.74) is 3.00. The van der Waals surface area contributed by atoms with Crippen LogP contribution >= 0.6 is 0 Å². The predicted octanol–water partition coefficient (Wildman–Crippen LogP) is 2.89. The molecule has 1 fully saturated rings. The van der Waals surface area contributed by atoms with Crippen LogP contribution in [0.15, 0.2) is 48.7 Å². The zero-order valence-corrected chi connectivity index (χ0v) is 10.7. The fourth-order valence-electron chi connectivity index (χ4n) is 3.92. The summed E-state index contributed by atoms with van der Waals surface area (Å²) in [5, 5.41) is 0. The van der Waals surface area contributed by atoms with E-state index in [2.05, 4.69) is 65.2 Å². The van der Waals surface area contributed by atoms with Crippen molar-refractivity contribution in [1.82, 2.24) is 9.47 Å². The lowest BCUT2D eigenvalue weighted by molar-refractivity contribution is 0.292. The van der Waals surface area contributed by atoms with Gasteiger partial charge >= 0.3 is 0 Å². The minimum atomic E-state index is 0.616. The van der Waals surface area contributed by atoms with Gasteiger partial charge < -0.3 is 4.57 Å². The Morgan fingerprint density at radius 2 is 1.83 bits per heavy atom. The quantitative estimate of drug-likeness (QED) is 0.741. The maximum atomic E-state index is 2.53. The van der Waals surface area contributed by atoms with E-state index in [9.17, 15) is 0 Å². The van der Waals surface area contributed by atoms with Crippen LogP contribution in [0.3, 0.4) is 0 Å². The number of hydrogen-bond acceptors (Lipinski definition) is 1. The van der Waals surface area contributed by atoms with Crippen molar-refractivity contribution in [3.05, 3.63) is 59.9 Å². The molecule has 2 aromatic rings. The molecule has 0 spiro atoms. The minimum absolute atomic E-state index is 0.616. The molecule has 0 aliphatic carbocycles. The van der Waals surface area contributed by atoms with E-state index in [-0.39, 0.29) is 0 Å². The van der Waals surface area contributed by atoms with Crippen LogP contribution in [0.25, 0.3) is 0 Å². The van der Waals surface area contributed by atoms with Crippen LogP contribution in [0.1, 0.15) is 23.2 Å². The molecule has 3 atom stereocenters. The van der Waals surface area contributed by atoms with E-state index in [1.54, 1.807) is 0 Å². The van der Waals surface area contributed by atoms with Gasteiger partial charge in [-0.3, -0.25) is 4.90 Å². The second kappa shape index (κ2) is 3.72. The summed E-state index contributed by atoms with van der Waals surface area (Å²) in [7, 11) is 2.27. The summed E-state index contributed by atoms with van der Waals surface area (Å²) in [6, 6.07) is 16.1. The Morgan fingerprint density at radius 3 is 2.67 bits per heavy atom. The molecule has 2 aliphatic heterocycles. The van der Waals surface area contributed by atoms with Crippen molar-refractivity contribution in [2.24, 2.45) is 5.92 Å². The average molecular weight is 238 g/mol. The van der Waals surface area contributed by atoms with Gasteiger partial charge in [0.15, 0.2) is 0 Å². The van der Waals surface area contributed by atoms with Crippen LogP contribution < -0.4 is 0 Å². The fraction of sp³-hybridized carbons (Fsp3) is 0.375. The fourth-order valence-corrected chi connectivity index (χ4v) is 3.92. The van der Waals surface area contributed by atoms with E-state index in [0.29, 0.717) is 12.0 Å². The van der Waals surface area contributed by atoms with Crippen molar-refractivity contribution >= 4 is 0 Å². The Morgan fingerprint density at radius 1 is 1.00 bits per heavy atom. The topological polar surface area (TPSA) is 8.17 Å². The number of likely N-dealkylation sites (tertiary alicyclic amines) is 1. The Balaban J connectivity index is 1.73. The zero-order valence-electron chi connectivity index (χ0n) is 10.7. The molecular weight excluding hydrogens is 220 g/mol. The van der Waals surface area contributed by atoms with Gasteiger partial charge in [-0.05, 0) is 24.7 Å². The SMILES string of the molecule is CN1C[C@H](c2ccccc2)[C@@H]2Cn3cccc3[C@@H]21. The van der Waals surface area contributed by atoms with E-state index in [4.69, 9.17) is 0 Å². The van der Waals surface area contributed by atoms with E-state index in [0.717, 1.165) is 5.92 Å². The molecule has 18 heavy (non-hydrogen) atoms. The summed E-state index contributed by atoms with van der Waals surface area (Å²) >= 11 is 0. The van der Waals surface area contributed by atoms with Crippen LogP contribution in [-0.4, -0.2) is 23.1 Å². The first kappa shape index (κ1) is 10.4. The highest BCUT2D eigenvalue weighted by molar-refractivity contribution is 5.28. The van der Waals surface area contributed by atoms with Gasteiger partial charge in [-0.1, -0.05) is 30.3 Å². The first-order valence-corrected chi connectivity index (χ1v) is 6.75. The van der Waals surface area contributed by atoms with Crippen LogP contribution in [0, 0.1) is 5.92 Å². The summed E-state index contributed by atoms with van der Waals surface area (Å²) in [6.45, 7) is 2.36. The van der Waals surface area contributed by atoms with Crippen molar-refractivity contribution in [3.63, 3.8) is 0 Å². The lowest BCUT2D eigenvalue weighted by Gasteiger charge is -2.17.